The van der Waals surface area contributed by atoms with Crippen molar-refractivity contribution in [1.82, 2.24) is 10.2 Å². The van der Waals surface area contributed by atoms with Crippen LogP contribution in [-0.2, 0) is 14.3 Å². The highest BCUT2D eigenvalue weighted by atomic mass is 16.5. The number of hydrogen-bond donors (Lipinski definition) is 2. The van der Waals surface area contributed by atoms with Gasteiger partial charge in [-0.2, -0.15) is 0 Å². The van der Waals surface area contributed by atoms with Crippen LogP contribution >= 0.6 is 0 Å². The number of urea groups is 1. The fourth-order valence-corrected chi connectivity index (χ4v) is 4.71. The Morgan fingerprint density at radius 2 is 1.76 bits per heavy atom. The quantitative estimate of drug-likeness (QED) is 0.572. The minimum atomic E-state index is -0.838. The summed E-state index contributed by atoms with van der Waals surface area (Å²) < 4.78 is 17.1. The van der Waals surface area contributed by atoms with E-state index in [1.165, 1.54) is 0 Å². The van der Waals surface area contributed by atoms with Gasteiger partial charge in [-0.15, -0.1) is 0 Å². The van der Waals surface area contributed by atoms with Crippen molar-refractivity contribution in [2.75, 3.05) is 56.3 Å². The molecule has 2 saturated heterocycles. The number of nitrogens with one attached hydrogen (secondary N) is 2. The van der Waals surface area contributed by atoms with Gasteiger partial charge < -0.3 is 29.7 Å². The second-order valence-corrected chi connectivity index (χ2v) is 8.44. The van der Waals surface area contributed by atoms with E-state index in [1.54, 1.807) is 6.07 Å². The Morgan fingerprint density at radius 1 is 1.09 bits per heavy atom. The second-order valence-electron chi connectivity index (χ2n) is 8.44. The lowest BCUT2D eigenvalue weighted by atomic mass is 9.98. The van der Waals surface area contributed by atoms with E-state index < -0.39 is 17.5 Å². The van der Waals surface area contributed by atoms with Crippen molar-refractivity contribution in [2.24, 2.45) is 0 Å². The monoisotopic (exact) mass is 460 g/mol. The van der Waals surface area contributed by atoms with E-state index in [2.05, 4.69) is 15.5 Å². The maximum atomic E-state index is 12.9. The van der Waals surface area contributed by atoms with Gasteiger partial charge in [0.15, 0.2) is 0 Å². The van der Waals surface area contributed by atoms with Gasteiger partial charge in [0.25, 0.3) is 5.91 Å². The van der Waals surface area contributed by atoms with Crippen molar-refractivity contribution in [3.8, 4) is 11.5 Å². The summed E-state index contributed by atoms with van der Waals surface area (Å²) in [6, 6.07) is 3.08. The number of carbonyl (C=O) groups is 3. The number of ether oxygens (including phenoxy) is 3. The minimum Gasteiger partial charge on any atom is -0.492 e. The highest BCUT2D eigenvalue weighted by Gasteiger charge is 2.52. The lowest BCUT2D eigenvalue weighted by Crippen LogP contribution is -2.44. The van der Waals surface area contributed by atoms with Gasteiger partial charge >= 0.3 is 6.03 Å². The van der Waals surface area contributed by atoms with Crippen LogP contribution in [-0.4, -0.2) is 74.3 Å². The molecule has 2 N–H and O–H groups in total. The molecule has 3 aliphatic rings. The average Bonchev–Trinajstić information content (AvgIpc) is 3.37. The summed E-state index contributed by atoms with van der Waals surface area (Å²) in [6.45, 7) is 6.99. The molecule has 1 aromatic carbocycles. The van der Waals surface area contributed by atoms with Crippen molar-refractivity contribution in [3.05, 3.63) is 12.1 Å². The first-order chi connectivity index (χ1) is 16.0. The molecule has 0 bridgehead atoms. The van der Waals surface area contributed by atoms with Crippen LogP contribution in [0.2, 0.25) is 0 Å². The molecule has 4 rings (SSSR count). The van der Waals surface area contributed by atoms with Crippen LogP contribution in [0, 0.1) is 0 Å². The summed E-state index contributed by atoms with van der Waals surface area (Å²) in [6.07, 6.45) is 3.01. The molecule has 10 nitrogen and oxygen atoms in total. The summed E-state index contributed by atoms with van der Waals surface area (Å²) in [7, 11) is 0. The molecule has 4 amide bonds. The van der Waals surface area contributed by atoms with Crippen molar-refractivity contribution in [3.63, 3.8) is 0 Å². The number of morpholine rings is 1. The zero-order valence-electron chi connectivity index (χ0n) is 19.3. The van der Waals surface area contributed by atoms with E-state index in [4.69, 9.17) is 14.2 Å². The van der Waals surface area contributed by atoms with Crippen LogP contribution < -0.4 is 25.0 Å². The molecule has 0 radical (unpaired) electrons. The topological polar surface area (TPSA) is 109 Å². The lowest BCUT2D eigenvalue weighted by molar-refractivity contribution is -0.133. The molecule has 3 fully saturated rings. The van der Waals surface area contributed by atoms with Crippen LogP contribution in [0.25, 0.3) is 0 Å². The third-order valence-corrected chi connectivity index (χ3v) is 6.29. The Kier molecular flexibility index (Phi) is 6.92. The summed E-state index contributed by atoms with van der Waals surface area (Å²) in [5.41, 5.74) is 0.472. The van der Waals surface area contributed by atoms with Gasteiger partial charge in [0, 0.05) is 25.2 Å². The first kappa shape index (κ1) is 23.2. The van der Waals surface area contributed by atoms with Gasteiger partial charge in [-0.3, -0.25) is 14.5 Å². The number of benzene rings is 1. The molecule has 2 aliphatic heterocycles. The van der Waals surface area contributed by atoms with Crippen LogP contribution in [0.5, 0.6) is 11.5 Å². The highest BCUT2D eigenvalue weighted by Crippen LogP contribution is 2.39. The first-order valence-corrected chi connectivity index (χ1v) is 11.7. The molecule has 10 heteroatoms. The van der Waals surface area contributed by atoms with Gasteiger partial charge in [0.1, 0.15) is 23.6 Å². The summed E-state index contributed by atoms with van der Waals surface area (Å²) in [5, 5.41) is 5.61. The number of rotatable bonds is 8. The van der Waals surface area contributed by atoms with E-state index in [0.717, 1.165) is 36.5 Å². The average molecular weight is 461 g/mol. The predicted molar refractivity (Wildman–Crippen MR) is 122 cm³/mol. The smallest absolute Gasteiger partial charge is 0.325 e. The molecule has 0 aromatic heterocycles. The first-order valence-electron chi connectivity index (χ1n) is 11.7. The molecule has 1 aromatic rings. The summed E-state index contributed by atoms with van der Waals surface area (Å²) in [4.78, 5) is 41.3. The molecule has 0 atom stereocenters. The van der Waals surface area contributed by atoms with E-state index in [1.807, 2.05) is 19.9 Å². The number of anilines is 2. The lowest BCUT2D eigenvalue weighted by Gasteiger charge is -2.31. The fourth-order valence-electron chi connectivity index (χ4n) is 4.71. The van der Waals surface area contributed by atoms with Gasteiger partial charge in [-0.1, -0.05) is 12.8 Å². The zero-order chi connectivity index (χ0) is 23.4. The standard InChI is InChI=1S/C23H32N4O6/c1-3-32-18-14-17(26-9-11-31-12-10-26)19(33-4-2)13-16(18)24-20(28)15-27-21(29)23(25-22(27)30)7-5-6-8-23/h13-14H,3-12,15H2,1-2H3,(H,24,28)(H,25,30). The summed E-state index contributed by atoms with van der Waals surface area (Å²) >= 11 is 0. The number of imide groups is 1. The van der Waals surface area contributed by atoms with E-state index >= 15 is 0 Å². The molecular weight excluding hydrogens is 428 g/mol. The van der Waals surface area contributed by atoms with Gasteiger partial charge in [-0.25, -0.2) is 4.79 Å². The normalized spacial score (nSPS) is 19.7. The predicted octanol–water partition coefficient (Wildman–Crippen LogP) is 2.12. The molecule has 1 spiro atoms. The van der Waals surface area contributed by atoms with Crippen molar-refractivity contribution in [2.45, 2.75) is 45.1 Å². The van der Waals surface area contributed by atoms with Crippen molar-refractivity contribution >= 4 is 29.2 Å². The summed E-state index contributed by atoms with van der Waals surface area (Å²) in [5.74, 6) is 0.331. The zero-order valence-corrected chi connectivity index (χ0v) is 19.3. The van der Waals surface area contributed by atoms with Crippen molar-refractivity contribution in [1.29, 1.82) is 0 Å². The Hall–Kier alpha value is -3.01. The Morgan fingerprint density at radius 3 is 2.42 bits per heavy atom. The van der Waals surface area contributed by atoms with E-state index in [-0.39, 0.29) is 12.5 Å². The largest absolute Gasteiger partial charge is 0.492 e. The highest BCUT2D eigenvalue weighted by molar-refractivity contribution is 6.10. The maximum Gasteiger partial charge on any atom is 0.325 e. The molecule has 1 saturated carbocycles. The SMILES string of the molecule is CCOc1cc(N2CCOCC2)c(OCC)cc1NC(=O)CN1C(=O)NC2(CCCC2)C1=O. The number of nitrogens with zero attached hydrogens (tertiary/aromatic N) is 2. The van der Waals surface area contributed by atoms with Crippen molar-refractivity contribution < 1.29 is 28.6 Å². The van der Waals surface area contributed by atoms with Crippen LogP contribution in [0.15, 0.2) is 12.1 Å². The Balaban J connectivity index is 1.53. The van der Waals surface area contributed by atoms with Crippen LogP contribution in [0.4, 0.5) is 16.2 Å². The van der Waals surface area contributed by atoms with Crippen LogP contribution in [0.3, 0.4) is 0 Å². The second kappa shape index (κ2) is 9.86. The molecule has 2 heterocycles. The van der Waals surface area contributed by atoms with Gasteiger partial charge in [-0.05, 0) is 26.7 Å². The molecule has 33 heavy (non-hydrogen) atoms. The molecule has 0 unspecified atom stereocenters. The maximum absolute atomic E-state index is 12.9. The number of amides is 4. The fraction of sp³-hybridized carbons (Fsp3) is 0.609. The van der Waals surface area contributed by atoms with Crippen LogP contribution in [0.1, 0.15) is 39.5 Å². The van der Waals surface area contributed by atoms with E-state index in [0.29, 0.717) is 56.5 Å². The number of hydrogen-bond acceptors (Lipinski definition) is 7. The molecule has 180 valence electrons. The Labute approximate surface area is 193 Å². The Bertz CT molecular complexity index is 908. The third kappa shape index (κ3) is 4.71. The molecular formula is C23H32N4O6. The number of carbonyl (C=O) groups excluding carboxylic acids is 3. The molecule has 1 aliphatic carbocycles. The van der Waals surface area contributed by atoms with Gasteiger partial charge in [0.05, 0.1) is 37.8 Å². The van der Waals surface area contributed by atoms with E-state index in [9.17, 15) is 14.4 Å². The minimum absolute atomic E-state index is 0.317. The third-order valence-electron chi connectivity index (χ3n) is 6.29. The van der Waals surface area contributed by atoms with Gasteiger partial charge in [0.2, 0.25) is 5.91 Å².